The molecule has 0 amide bonds. The van der Waals surface area contributed by atoms with E-state index in [0.29, 0.717) is 0 Å². The Morgan fingerprint density at radius 3 is 2.53 bits per heavy atom. The van der Waals surface area contributed by atoms with E-state index in [1.165, 1.54) is 14.0 Å². The summed E-state index contributed by atoms with van der Waals surface area (Å²) in [4.78, 5) is 11.4. The molecule has 0 aromatic heterocycles. The van der Waals surface area contributed by atoms with Crippen molar-refractivity contribution in [3.05, 3.63) is 29.3 Å². The fraction of sp³-hybridized carbons (Fsp3) is 0.300. The minimum atomic E-state index is -0.888. The summed E-state index contributed by atoms with van der Waals surface area (Å²) in [7, 11) is 1.19. The van der Waals surface area contributed by atoms with Gasteiger partial charge in [-0.3, -0.25) is 4.79 Å². The van der Waals surface area contributed by atoms with Crippen molar-refractivity contribution in [2.24, 2.45) is 5.73 Å². The standard InChI is InChI=1S/C10H11F2NO2/c1-5(13)10(14)7-3-6(11)4-8(15-2)9(7)12/h3-5H,13H2,1-2H3. The number of ether oxygens (including phenoxy) is 1. The van der Waals surface area contributed by atoms with Gasteiger partial charge in [0, 0.05) is 6.07 Å². The monoisotopic (exact) mass is 215 g/mol. The molecular formula is C10H11F2NO2. The molecule has 0 aliphatic rings. The molecule has 1 atom stereocenters. The molecule has 5 heteroatoms. The third-order valence-electron chi connectivity index (χ3n) is 1.90. The van der Waals surface area contributed by atoms with E-state index in [1.807, 2.05) is 0 Å². The van der Waals surface area contributed by atoms with Crippen LogP contribution in [0.25, 0.3) is 0 Å². The van der Waals surface area contributed by atoms with Gasteiger partial charge in [-0.15, -0.1) is 0 Å². The fourth-order valence-electron chi connectivity index (χ4n) is 1.14. The van der Waals surface area contributed by atoms with Crippen LogP contribution in [-0.4, -0.2) is 18.9 Å². The van der Waals surface area contributed by atoms with Crippen LogP contribution in [0.2, 0.25) is 0 Å². The predicted molar refractivity (Wildman–Crippen MR) is 50.9 cm³/mol. The Bertz CT molecular complexity index is 391. The lowest BCUT2D eigenvalue weighted by atomic mass is 10.0. The Morgan fingerprint density at radius 2 is 2.07 bits per heavy atom. The zero-order valence-corrected chi connectivity index (χ0v) is 8.38. The molecule has 1 rings (SSSR count). The Morgan fingerprint density at radius 1 is 1.47 bits per heavy atom. The van der Waals surface area contributed by atoms with Gasteiger partial charge in [0.2, 0.25) is 0 Å². The Balaban J connectivity index is 3.29. The molecule has 0 radical (unpaired) electrons. The number of hydrogen-bond acceptors (Lipinski definition) is 3. The number of rotatable bonds is 3. The molecule has 1 aromatic carbocycles. The van der Waals surface area contributed by atoms with Crippen LogP contribution >= 0.6 is 0 Å². The van der Waals surface area contributed by atoms with Crippen LogP contribution in [0.3, 0.4) is 0 Å². The van der Waals surface area contributed by atoms with Crippen molar-refractivity contribution in [1.29, 1.82) is 0 Å². The van der Waals surface area contributed by atoms with Crippen molar-refractivity contribution in [3.8, 4) is 5.75 Å². The van der Waals surface area contributed by atoms with E-state index in [9.17, 15) is 13.6 Å². The Labute approximate surface area is 85.8 Å². The molecule has 1 unspecified atom stereocenters. The topological polar surface area (TPSA) is 52.3 Å². The number of hydrogen-bond donors (Lipinski definition) is 1. The molecule has 82 valence electrons. The number of carbonyl (C=O) groups excluding carboxylic acids is 1. The summed E-state index contributed by atoms with van der Waals surface area (Å²) in [6, 6.07) is 0.794. The summed E-state index contributed by atoms with van der Waals surface area (Å²) >= 11 is 0. The van der Waals surface area contributed by atoms with Gasteiger partial charge in [-0.05, 0) is 13.0 Å². The molecule has 0 fully saturated rings. The molecule has 3 nitrogen and oxygen atoms in total. The van der Waals surface area contributed by atoms with Gasteiger partial charge in [-0.2, -0.15) is 0 Å². The van der Waals surface area contributed by atoms with Crippen LogP contribution in [0.4, 0.5) is 8.78 Å². The van der Waals surface area contributed by atoms with Crippen molar-refractivity contribution < 1.29 is 18.3 Å². The summed E-state index contributed by atoms with van der Waals surface area (Å²) in [6.07, 6.45) is 0. The van der Waals surface area contributed by atoms with Crippen molar-refractivity contribution in [2.75, 3.05) is 7.11 Å². The average molecular weight is 215 g/mol. The van der Waals surface area contributed by atoms with Crippen LogP contribution in [0.1, 0.15) is 17.3 Å². The van der Waals surface area contributed by atoms with E-state index in [4.69, 9.17) is 5.73 Å². The summed E-state index contributed by atoms with van der Waals surface area (Å²) in [5.41, 5.74) is 4.91. The van der Waals surface area contributed by atoms with Gasteiger partial charge >= 0.3 is 0 Å². The minimum absolute atomic E-state index is 0.306. The molecule has 0 saturated heterocycles. The van der Waals surface area contributed by atoms with E-state index in [-0.39, 0.29) is 11.3 Å². The molecule has 0 saturated carbocycles. The molecule has 1 aromatic rings. The third-order valence-corrected chi connectivity index (χ3v) is 1.90. The maximum atomic E-state index is 13.5. The van der Waals surface area contributed by atoms with Crippen molar-refractivity contribution in [1.82, 2.24) is 0 Å². The molecule has 0 aliphatic carbocycles. The third kappa shape index (κ3) is 2.30. The number of methoxy groups -OCH3 is 1. The smallest absolute Gasteiger partial charge is 0.182 e. The van der Waals surface area contributed by atoms with Gasteiger partial charge < -0.3 is 10.5 Å². The van der Waals surface area contributed by atoms with Crippen LogP contribution < -0.4 is 10.5 Å². The number of carbonyl (C=O) groups is 1. The molecule has 0 bridgehead atoms. The first-order valence-corrected chi connectivity index (χ1v) is 4.30. The van der Waals surface area contributed by atoms with E-state index in [2.05, 4.69) is 4.74 Å². The Hall–Kier alpha value is -1.49. The normalized spacial score (nSPS) is 12.3. The SMILES string of the molecule is COc1cc(F)cc(C(=O)C(C)N)c1F. The van der Waals surface area contributed by atoms with E-state index in [0.717, 1.165) is 12.1 Å². The van der Waals surface area contributed by atoms with E-state index < -0.39 is 23.5 Å². The second-order valence-electron chi connectivity index (χ2n) is 3.12. The second-order valence-corrected chi connectivity index (χ2v) is 3.12. The number of benzene rings is 1. The van der Waals surface area contributed by atoms with E-state index >= 15 is 0 Å². The zero-order chi connectivity index (χ0) is 11.6. The lowest BCUT2D eigenvalue weighted by Crippen LogP contribution is -2.27. The second kappa shape index (κ2) is 4.35. The van der Waals surface area contributed by atoms with Gasteiger partial charge in [-0.1, -0.05) is 0 Å². The van der Waals surface area contributed by atoms with Crippen molar-refractivity contribution in [2.45, 2.75) is 13.0 Å². The first kappa shape index (κ1) is 11.6. The van der Waals surface area contributed by atoms with Gasteiger partial charge in [0.1, 0.15) is 5.82 Å². The van der Waals surface area contributed by atoms with Gasteiger partial charge in [0.05, 0.1) is 18.7 Å². The maximum absolute atomic E-state index is 13.5. The highest BCUT2D eigenvalue weighted by molar-refractivity contribution is 6.00. The van der Waals surface area contributed by atoms with Gasteiger partial charge in [0.15, 0.2) is 17.3 Å². The van der Waals surface area contributed by atoms with E-state index in [1.54, 1.807) is 0 Å². The first-order valence-electron chi connectivity index (χ1n) is 4.30. The Kier molecular flexibility index (Phi) is 3.36. The quantitative estimate of drug-likeness (QED) is 0.777. The van der Waals surface area contributed by atoms with Crippen LogP contribution in [0.5, 0.6) is 5.75 Å². The average Bonchev–Trinajstić information content (AvgIpc) is 2.19. The highest BCUT2D eigenvalue weighted by atomic mass is 19.1. The molecule has 15 heavy (non-hydrogen) atoms. The summed E-state index contributed by atoms with van der Waals surface area (Å²) in [5.74, 6) is -2.59. The zero-order valence-electron chi connectivity index (χ0n) is 8.38. The number of nitrogens with two attached hydrogens (primary N) is 1. The van der Waals surface area contributed by atoms with Crippen molar-refractivity contribution in [3.63, 3.8) is 0 Å². The largest absolute Gasteiger partial charge is 0.494 e. The highest BCUT2D eigenvalue weighted by Gasteiger charge is 2.20. The molecule has 0 spiro atoms. The predicted octanol–water partition coefficient (Wildman–Crippen LogP) is 1.50. The summed E-state index contributed by atoms with van der Waals surface area (Å²) < 4.78 is 31.1. The first-order chi connectivity index (χ1) is 6.97. The molecular weight excluding hydrogens is 204 g/mol. The molecule has 0 aliphatic heterocycles. The van der Waals surface area contributed by atoms with Crippen LogP contribution in [-0.2, 0) is 0 Å². The summed E-state index contributed by atoms with van der Waals surface area (Å²) in [6.45, 7) is 1.40. The number of halogens is 2. The summed E-state index contributed by atoms with van der Waals surface area (Å²) in [5, 5.41) is 0. The fourth-order valence-corrected chi connectivity index (χ4v) is 1.14. The van der Waals surface area contributed by atoms with Crippen molar-refractivity contribution >= 4 is 5.78 Å². The van der Waals surface area contributed by atoms with Crippen LogP contribution in [0.15, 0.2) is 12.1 Å². The number of ketones is 1. The minimum Gasteiger partial charge on any atom is -0.494 e. The molecule has 0 heterocycles. The van der Waals surface area contributed by atoms with Crippen LogP contribution in [0, 0.1) is 11.6 Å². The maximum Gasteiger partial charge on any atom is 0.182 e. The highest BCUT2D eigenvalue weighted by Crippen LogP contribution is 2.23. The lowest BCUT2D eigenvalue weighted by Gasteiger charge is -2.09. The van der Waals surface area contributed by atoms with Gasteiger partial charge in [0.25, 0.3) is 0 Å². The molecule has 2 N–H and O–H groups in total. The van der Waals surface area contributed by atoms with Gasteiger partial charge in [-0.25, -0.2) is 8.78 Å². The lowest BCUT2D eigenvalue weighted by molar-refractivity contribution is 0.0962. The number of Topliss-reactive ketones (excluding diaryl/α,β-unsaturated/α-hetero) is 1.